The number of nitrogens with one attached hydrogen (secondary N) is 1. The fraction of sp³-hybridized carbons (Fsp3) is 0.312. The molecule has 2 aliphatic rings. The standard InChI is InChI=1S/C32H35N5O4/c1-3-33-25-9-12-31(34-20-25)41-26-10-11-27-24(18-26)19-29(35(27)2)32(38)37-15-13-36(14-16-37)28(30-21-39-22-40-30)17-23-7-5-4-6-8-23/h4-12,18-21,28,33H,3,13-17,22H2,1-2H3. The highest BCUT2D eigenvalue weighted by Crippen LogP contribution is 2.28. The van der Waals surface area contributed by atoms with Crippen LogP contribution in [0.1, 0.15) is 23.0 Å². The number of ether oxygens (including phenoxy) is 3. The Kier molecular flexibility index (Phi) is 7.78. The number of fused-ring (bicyclic) bond motifs is 1. The van der Waals surface area contributed by atoms with Crippen LogP contribution in [0.5, 0.6) is 11.6 Å². The van der Waals surface area contributed by atoms with Crippen LogP contribution < -0.4 is 10.1 Å². The van der Waals surface area contributed by atoms with Gasteiger partial charge in [-0.25, -0.2) is 4.98 Å². The Hall–Kier alpha value is -4.50. The Bertz CT molecular complexity index is 1530. The molecular weight excluding hydrogens is 518 g/mol. The van der Waals surface area contributed by atoms with E-state index in [1.54, 1.807) is 12.5 Å². The normalized spacial score (nSPS) is 16.1. The van der Waals surface area contributed by atoms with Gasteiger partial charge in [-0.15, -0.1) is 0 Å². The molecule has 1 fully saturated rings. The summed E-state index contributed by atoms with van der Waals surface area (Å²) in [5.41, 5.74) is 3.83. The Labute approximate surface area is 239 Å². The molecule has 4 heterocycles. The van der Waals surface area contributed by atoms with Gasteiger partial charge in [0.2, 0.25) is 12.7 Å². The van der Waals surface area contributed by atoms with Gasteiger partial charge in [-0.1, -0.05) is 30.3 Å². The quantitative estimate of drug-likeness (QED) is 0.312. The van der Waals surface area contributed by atoms with Gasteiger partial charge in [-0.3, -0.25) is 9.69 Å². The molecule has 9 nitrogen and oxygen atoms in total. The molecule has 1 amide bonds. The van der Waals surface area contributed by atoms with Crippen molar-refractivity contribution in [3.63, 3.8) is 0 Å². The van der Waals surface area contributed by atoms with E-state index in [9.17, 15) is 4.79 Å². The number of aromatic nitrogens is 2. The number of carbonyl (C=O) groups is 1. The summed E-state index contributed by atoms with van der Waals surface area (Å²) in [6.45, 7) is 5.93. The van der Waals surface area contributed by atoms with E-state index in [1.807, 2.05) is 65.9 Å². The van der Waals surface area contributed by atoms with Crippen LogP contribution in [-0.4, -0.2) is 70.8 Å². The van der Waals surface area contributed by atoms with Crippen molar-refractivity contribution in [2.75, 3.05) is 44.8 Å². The summed E-state index contributed by atoms with van der Waals surface area (Å²) in [7, 11) is 1.94. The van der Waals surface area contributed by atoms with Gasteiger partial charge in [0.05, 0.1) is 17.9 Å². The molecule has 9 heteroatoms. The van der Waals surface area contributed by atoms with Gasteiger partial charge in [0, 0.05) is 56.7 Å². The van der Waals surface area contributed by atoms with Gasteiger partial charge < -0.3 is 29.0 Å². The first-order chi connectivity index (χ1) is 20.1. The molecule has 41 heavy (non-hydrogen) atoms. The molecule has 1 unspecified atom stereocenters. The number of nitrogens with zero attached hydrogens (tertiary/aromatic N) is 4. The van der Waals surface area contributed by atoms with Crippen LogP contribution in [0.4, 0.5) is 5.69 Å². The molecule has 4 aromatic rings. The molecule has 2 aromatic carbocycles. The first-order valence-electron chi connectivity index (χ1n) is 14.1. The zero-order valence-electron chi connectivity index (χ0n) is 23.5. The van der Waals surface area contributed by atoms with Crippen molar-refractivity contribution in [2.24, 2.45) is 7.05 Å². The third kappa shape index (κ3) is 5.85. The fourth-order valence-corrected chi connectivity index (χ4v) is 5.54. The zero-order valence-corrected chi connectivity index (χ0v) is 23.5. The van der Waals surface area contributed by atoms with Crippen LogP contribution in [0.25, 0.3) is 10.9 Å². The minimum absolute atomic E-state index is 0.0331. The van der Waals surface area contributed by atoms with E-state index in [2.05, 4.69) is 39.5 Å². The van der Waals surface area contributed by atoms with Gasteiger partial charge in [-0.2, -0.15) is 0 Å². The highest BCUT2D eigenvalue weighted by Gasteiger charge is 2.32. The van der Waals surface area contributed by atoms with Gasteiger partial charge >= 0.3 is 0 Å². The molecule has 212 valence electrons. The summed E-state index contributed by atoms with van der Waals surface area (Å²) in [6.07, 6.45) is 4.31. The van der Waals surface area contributed by atoms with E-state index in [0.29, 0.717) is 30.4 Å². The number of piperazine rings is 1. The highest BCUT2D eigenvalue weighted by molar-refractivity contribution is 5.99. The van der Waals surface area contributed by atoms with Crippen molar-refractivity contribution in [2.45, 2.75) is 19.4 Å². The molecule has 0 aliphatic carbocycles. The largest absolute Gasteiger partial charge is 0.462 e. The maximum atomic E-state index is 13.7. The number of carbonyl (C=O) groups excluding carboxylic acids is 1. The zero-order chi connectivity index (χ0) is 28.2. The predicted molar refractivity (Wildman–Crippen MR) is 158 cm³/mol. The summed E-state index contributed by atoms with van der Waals surface area (Å²) < 4.78 is 19.1. The number of aryl methyl sites for hydroxylation is 1. The van der Waals surface area contributed by atoms with Crippen LogP contribution in [0.2, 0.25) is 0 Å². The molecule has 1 saturated heterocycles. The Morgan fingerprint density at radius 2 is 1.88 bits per heavy atom. The minimum atomic E-state index is 0.0331. The second-order valence-corrected chi connectivity index (χ2v) is 10.3. The minimum Gasteiger partial charge on any atom is -0.462 e. The van der Waals surface area contributed by atoms with E-state index in [0.717, 1.165) is 48.4 Å². The lowest BCUT2D eigenvalue weighted by Gasteiger charge is -2.39. The smallest absolute Gasteiger partial charge is 0.270 e. The van der Waals surface area contributed by atoms with E-state index in [4.69, 9.17) is 14.2 Å². The Morgan fingerprint density at radius 1 is 1.05 bits per heavy atom. The maximum Gasteiger partial charge on any atom is 0.270 e. The van der Waals surface area contributed by atoms with Crippen molar-refractivity contribution < 1.29 is 19.0 Å². The highest BCUT2D eigenvalue weighted by atomic mass is 16.7. The Morgan fingerprint density at radius 3 is 2.59 bits per heavy atom. The number of anilines is 1. The molecular formula is C32H35N5O4. The van der Waals surface area contributed by atoms with Crippen LogP contribution in [0.15, 0.2) is 84.9 Å². The van der Waals surface area contributed by atoms with Crippen LogP contribution >= 0.6 is 0 Å². The molecule has 2 aromatic heterocycles. The second kappa shape index (κ2) is 11.9. The van der Waals surface area contributed by atoms with Crippen molar-refractivity contribution in [1.82, 2.24) is 19.4 Å². The second-order valence-electron chi connectivity index (χ2n) is 10.3. The molecule has 0 spiro atoms. The summed E-state index contributed by atoms with van der Waals surface area (Å²) >= 11 is 0. The van der Waals surface area contributed by atoms with E-state index >= 15 is 0 Å². The third-order valence-electron chi connectivity index (χ3n) is 7.71. The number of benzene rings is 2. The van der Waals surface area contributed by atoms with E-state index < -0.39 is 0 Å². The van der Waals surface area contributed by atoms with Gasteiger partial charge in [0.1, 0.15) is 17.7 Å². The summed E-state index contributed by atoms with van der Waals surface area (Å²) in [6, 6.07) is 22.1. The van der Waals surface area contributed by atoms with Crippen molar-refractivity contribution in [1.29, 1.82) is 0 Å². The number of pyridine rings is 1. The lowest BCUT2D eigenvalue weighted by molar-refractivity contribution is 0.0404. The van der Waals surface area contributed by atoms with E-state index in [1.165, 1.54) is 5.56 Å². The molecule has 1 atom stereocenters. The third-order valence-corrected chi connectivity index (χ3v) is 7.71. The monoisotopic (exact) mass is 553 g/mol. The number of hydrogen-bond acceptors (Lipinski definition) is 7. The van der Waals surface area contributed by atoms with Gasteiger partial charge in [0.25, 0.3) is 5.91 Å². The maximum absolute atomic E-state index is 13.7. The van der Waals surface area contributed by atoms with Crippen LogP contribution in [-0.2, 0) is 22.9 Å². The average molecular weight is 554 g/mol. The molecule has 6 rings (SSSR count). The topological polar surface area (TPSA) is 81.1 Å². The molecule has 0 bridgehead atoms. The Balaban J connectivity index is 1.13. The number of hydrogen-bond donors (Lipinski definition) is 1. The van der Waals surface area contributed by atoms with E-state index in [-0.39, 0.29) is 18.7 Å². The molecule has 2 aliphatic heterocycles. The van der Waals surface area contributed by atoms with Crippen LogP contribution in [0, 0.1) is 0 Å². The van der Waals surface area contributed by atoms with Crippen molar-refractivity contribution >= 4 is 22.5 Å². The lowest BCUT2D eigenvalue weighted by Crippen LogP contribution is -2.53. The SMILES string of the molecule is CCNc1ccc(Oc2ccc3c(c2)cc(C(=O)N2CCN(C(Cc4ccccc4)C4=COCO4)CC2)n3C)nc1. The summed E-state index contributed by atoms with van der Waals surface area (Å²) in [5.74, 6) is 2.08. The summed E-state index contributed by atoms with van der Waals surface area (Å²) in [4.78, 5) is 22.4. The molecule has 0 radical (unpaired) electrons. The lowest BCUT2D eigenvalue weighted by atomic mass is 10.0. The molecule has 0 saturated carbocycles. The fourth-order valence-electron chi connectivity index (χ4n) is 5.54. The van der Waals surface area contributed by atoms with Crippen molar-refractivity contribution in [3.05, 3.63) is 96.2 Å². The first kappa shape index (κ1) is 26.7. The average Bonchev–Trinajstić information content (AvgIpc) is 3.66. The first-order valence-corrected chi connectivity index (χ1v) is 14.1. The van der Waals surface area contributed by atoms with Crippen molar-refractivity contribution in [3.8, 4) is 11.6 Å². The summed E-state index contributed by atoms with van der Waals surface area (Å²) in [5, 5.41) is 4.18. The molecule has 1 N–H and O–H groups in total. The van der Waals surface area contributed by atoms with Gasteiger partial charge in [-0.05, 0) is 49.2 Å². The number of amides is 1. The number of rotatable bonds is 9. The predicted octanol–water partition coefficient (Wildman–Crippen LogP) is 5.01. The van der Waals surface area contributed by atoms with Gasteiger partial charge in [0.15, 0.2) is 5.76 Å². The van der Waals surface area contributed by atoms with Crippen LogP contribution in [0.3, 0.4) is 0 Å².